The van der Waals surface area contributed by atoms with Gasteiger partial charge in [0.2, 0.25) is 5.91 Å². The van der Waals surface area contributed by atoms with E-state index < -0.39 is 75.6 Å². The number of halogens is 3. The molecule has 13 nitrogen and oxygen atoms in total. The number of non-ortho nitro benzene ring substituents is 1. The number of nitro benzene ring substituents is 1. The molecule has 4 atom stereocenters. The van der Waals surface area contributed by atoms with E-state index in [1.54, 1.807) is 79.5 Å². The normalized spacial score (nSPS) is 17.8. The first-order valence-electron chi connectivity index (χ1n) is 19.1. The largest absolute Gasteiger partial charge is 0.485 e. The van der Waals surface area contributed by atoms with Crippen molar-refractivity contribution in [3.8, 4) is 11.5 Å². The summed E-state index contributed by atoms with van der Waals surface area (Å²) in [5.41, 5.74) is -0.702. The van der Waals surface area contributed by atoms with Crippen LogP contribution in [0.4, 0.5) is 18.9 Å². The van der Waals surface area contributed by atoms with Crippen LogP contribution in [0.15, 0.2) is 108 Å². The zero-order valence-corrected chi connectivity index (χ0v) is 32.9. The lowest BCUT2D eigenvalue weighted by atomic mass is 9.77. The van der Waals surface area contributed by atoms with E-state index in [9.17, 15) is 47.6 Å². The van der Waals surface area contributed by atoms with Crippen LogP contribution in [0.3, 0.4) is 0 Å². The van der Waals surface area contributed by atoms with Crippen molar-refractivity contribution in [2.24, 2.45) is 11.8 Å². The number of hydrogen-bond acceptors (Lipinski definition) is 11. The van der Waals surface area contributed by atoms with Crippen molar-refractivity contribution in [3.05, 3.63) is 146 Å². The van der Waals surface area contributed by atoms with Crippen molar-refractivity contribution in [2.75, 3.05) is 20.1 Å². The molecule has 6 rings (SSSR count). The molecule has 1 amide bonds. The molecule has 60 heavy (non-hydrogen) atoms. The smallest absolute Gasteiger partial charge is 0.420 e. The number of benzene rings is 4. The summed E-state index contributed by atoms with van der Waals surface area (Å²) in [6.07, 6.45) is -6.23. The molecule has 314 valence electrons. The van der Waals surface area contributed by atoms with Crippen LogP contribution in [0.1, 0.15) is 64.1 Å². The Labute approximate surface area is 343 Å². The van der Waals surface area contributed by atoms with Crippen LogP contribution in [0.25, 0.3) is 0 Å². The summed E-state index contributed by atoms with van der Waals surface area (Å²) >= 11 is 0. The lowest BCUT2D eigenvalue weighted by Crippen LogP contribution is -2.63. The summed E-state index contributed by atoms with van der Waals surface area (Å²) in [6, 6.07) is 23.7. The van der Waals surface area contributed by atoms with Crippen LogP contribution < -0.4 is 9.47 Å². The third-order valence-corrected chi connectivity index (χ3v) is 10.6. The molecule has 0 saturated carbocycles. The van der Waals surface area contributed by atoms with Crippen LogP contribution in [-0.2, 0) is 33.7 Å². The summed E-state index contributed by atoms with van der Waals surface area (Å²) in [5, 5.41) is 21.4. The number of hydrogen-bond donors (Lipinski definition) is 1. The molecule has 1 saturated heterocycles. The van der Waals surface area contributed by atoms with Gasteiger partial charge in [0.1, 0.15) is 24.5 Å². The van der Waals surface area contributed by atoms with E-state index in [1.807, 2.05) is 0 Å². The lowest BCUT2D eigenvalue weighted by molar-refractivity contribution is -0.384. The molecule has 4 aromatic rings. The Morgan fingerprint density at radius 2 is 1.50 bits per heavy atom. The van der Waals surface area contributed by atoms with E-state index >= 15 is 0 Å². The number of carbonyl (C=O) groups is 4. The number of Topliss-reactive ketones (excluding diaryl/α,β-unsaturated/α-hetero) is 1. The van der Waals surface area contributed by atoms with E-state index in [4.69, 9.17) is 14.2 Å². The van der Waals surface area contributed by atoms with Crippen LogP contribution in [0.2, 0.25) is 0 Å². The Kier molecular flexibility index (Phi) is 13.1. The van der Waals surface area contributed by atoms with Gasteiger partial charge in [0.05, 0.1) is 28.6 Å². The van der Waals surface area contributed by atoms with Gasteiger partial charge in [0, 0.05) is 36.6 Å². The number of amides is 1. The van der Waals surface area contributed by atoms with E-state index in [1.165, 1.54) is 17.9 Å². The fourth-order valence-corrected chi connectivity index (χ4v) is 7.57. The molecule has 0 spiro atoms. The first-order chi connectivity index (χ1) is 28.6. The highest BCUT2D eigenvalue weighted by Gasteiger charge is 2.60. The maximum absolute atomic E-state index is 14.9. The minimum absolute atomic E-state index is 0.0387. The Balaban J connectivity index is 1.19. The molecule has 0 aliphatic carbocycles. The van der Waals surface area contributed by atoms with Gasteiger partial charge >= 0.3 is 18.1 Å². The lowest BCUT2D eigenvalue weighted by Gasteiger charge is -2.46. The summed E-state index contributed by atoms with van der Waals surface area (Å²) in [4.78, 5) is 66.6. The van der Waals surface area contributed by atoms with Crippen LogP contribution in [0.5, 0.6) is 11.5 Å². The fourth-order valence-electron chi connectivity index (χ4n) is 7.57. The van der Waals surface area contributed by atoms with Crippen LogP contribution in [-0.4, -0.2) is 75.7 Å². The Hall–Kier alpha value is -6.39. The maximum Gasteiger partial charge on any atom is 0.420 e. The van der Waals surface area contributed by atoms with Gasteiger partial charge in [-0.1, -0.05) is 67.6 Å². The second-order valence-corrected chi connectivity index (χ2v) is 14.7. The zero-order chi connectivity index (χ0) is 43.3. The minimum atomic E-state index is -4.99. The molecule has 0 bridgehead atoms. The third kappa shape index (κ3) is 9.40. The molecule has 2 aliphatic heterocycles. The number of ether oxygens (including phenoxy) is 3. The monoisotopic (exact) mass is 829 g/mol. The summed E-state index contributed by atoms with van der Waals surface area (Å²) in [7, 11) is 1.66. The maximum atomic E-state index is 14.9. The highest BCUT2D eigenvalue weighted by molar-refractivity contribution is 6.06. The number of aliphatic hydroxyl groups excluding tert-OH is 1. The molecule has 4 aromatic carbocycles. The van der Waals surface area contributed by atoms with E-state index in [0.29, 0.717) is 16.7 Å². The van der Waals surface area contributed by atoms with Gasteiger partial charge in [-0.25, -0.2) is 9.59 Å². The van der Waals surface area contributed by atoms with E-state index in [2.05, 4.69) is 0 Å². The highest BCUT2D eigenvalue weighted by atomic mass is 19.4. The molecule has 2 aliphatic rings. The molecule has 1 fully saturated rings. The zero-order valence-electron chi connectivity index (χ0n) is 32.9. The summed E-state index contributed by atoms with van der Waals surface area (Å²) in [6.45, 7) is 3.16. The number of carbonyl (C=O) groups excluding carboxylic acids is 4. The quantitative estimate of drug-likeness (QED) is 0.0287. The summed E-state index contributed by atoms with van der Waals surface area (Å²) < 4.78 is 61.5. The van der Waals surface area contributed by atoms with Gasteiger partial charge in [0.25, 0.3) is 5.69 Å². The van der Waals surface area contributed by atoms with Crippen molar-refractivity contribution >= 4 is 29.3 Å². The molecule has 0 aromatic heterocycles. The van der Waals surface area contributed by atoms with Gasteiger partial charge in [0.15, 0.2) is 17.3 Å². The van der Waals surface area contributed by atoms with Crippen molar-refractivity contribution in [1.82, 2.24) is 9.80 Å². The van der Waals surface area contributed by atoms with Gasteiger partial charge in [-0.3, -0.25) is 19.7 Å². The highest BCUT2D eigenvalue weighted by Crippen LogP contribution is 2.48. The van der Waals surface area contributed by atoms with Crippen molar-refractivity contribution in [1.29, 1.82) is 0 Å². The standard InChI is InChI=1S/C44H42F3N3O10/c1-26-33(39(49-38(26)36(27(2)51)41(49)53)43(55)60-42(54)30-16-18-31(19-17-30)50(56)57)23-48(3)22-10-15-34(52)32-20-21-35(58-24-28-11-6-4-7-12-28)40(37(32)44(45,46)47)59-25-29-13-8-5-9-14-29/h4-9,11-14,16-21,26-27,36,38,51H,10,15,22-25H2,1-3H3/t26-,27+,36+,38+/m0/s1. The number of ketones is 1. The first kappa shape index (κ1) is 43.2. The average Bonchev–Trinajstić information content (AvgIpc) is 3.45. The summed E-state index contributed by atoms with van der Waals surface area (Å²) in [5.74, 6) is -5.65. The molecule has 1 N–H and O–H groups in total. The second kappa shape index (κ2) is 18.3. The number of esters is 2. The van der Waals surface area contributed by atoms with Gasteiger partial charge in [-0.2, -0.15) is 13.2 Å². The number of nitro groups is 1. The van der Waals surface area contributed by atoms with E-state index in [0.717, 1.165) is 30.3 Å². The van der Waals surface area contributed by atoms with Gasteiger partial charge in [-0.05, 0) is 67.9 Å². The minimum Gasteiger partial charge on any atom is -0.485 e. The number of fused-ring (bicyclic) bond motifs is 1. The number of rotatable bonds is 17. The third-order valence-electron chi connectivity index (χ3n) is 10.6. The molecular weight excluding hydrogens is 787 g/mol. The Morgan fingerprint density at radius 3 is 2.07 bits per heavy atom. The Bertz CT molecular complexity index is 2280. The number of likely N-dealkylation sites (N-methyl/N-ethyl adjacent to an activating group) is 1. The van der Waals surface area contributed by atoms with E-state index in [-0.39, 0.29) is 61.8 Å². The molecule has 0 unspecified atom stereocenters. The SMILES string of the molecule is C[C@@H](O)[C@H]1C(=O)N2C(C(=O)OC(=O)c3ccc([N+](=O)[O-])cc3)=C(CN(C)CCCC(=O)c3ccc(OCc4ccccc4)c(OCc4ccccc4)c3C(F)(F)F)[C@H](C)[C@H]12. The second-order valence-electron chi connectivity index (χ2n) is 14.7. The molecular formula is C44H42F3N3O10. The number of alkyl halides is 3. The number of aliphatic hydroxyl groups is 1. The van der Waals surface area contributed by atoms with Crippen LogP contribution >= 0.6 is 0 Å². The molecule has 16 heteroatoms. The predicted octanol–water partition coefficient (Wildman–Crippen LogP) is 7.16. The first-order valence-corrected chi connectivity index (χ1v) is 19.1. The molecule has 2 heterocycles. The van der Waals surface area contributed by atoms with Crippen molar-refractivity contribution in [3.63, 3.8) is 0 Å². The van der Waals surface area contributed by atoms with Crippen LogP contribution in [0, 0.1) is 22.0 Å². The Morgan fingerprint density at radius 1 is 0.900 bits per heavy atom. The molecule has 0 radical (unpaired) electrons. The van der Waals surface area contributed by atoms with Crippen molar-refractivity contribution < 1.29 is 56.6 Å². The predicted molar refractivity (Wildman–Crippen MR) is 210 cm³/mol. The van der Waals surface area contributed by atoms with Gasteiger partial charge in [-0.15, -0.1) is 0 Å². The van der Waals surface area contributed by atoms with Crippen molar-refractivity contribution in [2.45, 2.75) is 58.2 Å². The fraction of sp³-hybridized carbons (Fsp3) is 0.318. The topological polar surface area (TPSA) is 166 Å². The number of β-lactam (4-membered cyclic amide) rings is 1. The average molecular weight is 830 g/mol. The number of nitrogens with zero attached hydrogens (tertiary/aromatic N) is 3. The van der Waals surface area contributed by atoms with Gasteiger partial charge < -0.3 is 29.1 Å².